The molecule has 0 radical (unpaired) electrons. The molecule has 0 aromatic heterocycles. The molecule has 0 saturated heterocycles. The molecule has 21 heavy (non-hydrogen) atoms. The molecular formula is C19H33NO. The zero-order valence-electron chi connectivity index (χ0n) is 14.3. The van der Waals surface area contributed by atoms with Gasteiger partial charge < -0.3 is 10.5 Å². The average Bonchev–Trinajstić information content (AvgIpc) is 3.00. The van der Waals surface area contributed by atoms with Gasteiger partial charge in [-0.2, -0.15) is 0 Å². The molecule has 3 rings (SSSR count). The molecule has 1 aliphatic carbocycles. The first kappa shape index (κ1) is 18.0. The largest absolute Gasteiger partial charge is 0.493 e. The molecule has 1 aromatic rings. The Balaban J connectivity index is 0.000000231. The lowest BCUT2D eigenvalue weighted by atomic mass is 9.98. The molecule has 1 aromatic carbocycles. The number of hydrogen-bond donors (Lipinski definition) is 1. The fraction of sp³-hybridized carbons (Fsp3) is 0.684. The van der Waals surface area contributed by atoms with Crippen molar-refractivity contribution in [2.45, 2.75) is 78.2 Å². The van der Waals surface area contributed by atoms with Gasteiger partial charge in [-0.3, -0.25) is 0 Å². The second-order valence-corrected chi connectivity index (χ2v) is 6.02. The first-order chi connectivity index (χ1) is 10.2. The van der Waals surface area contributed by atoms with Gasteiger partial charge >= 0.3 is 0 Å². The van der Waals surface area contributed by atoms with Gasteiger partial charge in [0.15, 0.2) is 0 Å². The number of hydrogen-bond acceptors (Lipinski definition) is 2. The van der Waals surface area contributed by atoms with Crippen molar-refractivity contribution >= 4 is 0 Å². The van der Waals surface area contributed by atoms with Crippen molar-refractivity contribution < 1.29 is 4.74 Å². The van der Waals surface area contributed by atoms with Gasteiger partial charge in [-0.15, -0.1) is 0 Å². The van der Waals surface area contributed by atoms with Gasteiger partial charge in [-0.1, -0.05) is 52.7 Å². The summed E-state index contributed by atoms with van der Waals surface area (Å²) in [5.41, 5.74) is 8.28. The minimum Gasteiger partial charge on any atom is -0.493 e. The van der Waals surface area contributed by atoms with E-state index >= 15 is 0 Å². The van der Waals surface area contributed by atoms with Crippen molar-refractivity contribution in [2.24, 2.45) is 5.73 Å². The van der Waals surface area contributed by atoms with Crippen LogP contribution in [-0.4, -0.2) is 12.6 Å². The molecule has 120 valence electrons. The maximum Gasteiger partial charge on any atom is 0.122 e. The van der Waals surface area contributed by atoms with Crippen molar-refractivity contribution in [1.29, 1.82) is 0 Å². The van der Waals surface area contributed by atoms with Crippen molar-refractivity contribution in [3.05, 3.63) is 29.3 Å². The molecule has 0 bridgehead atoms. The lowest BCUT2D eigenvalue weighted by molar-refractivity contribution is 0.288. The third-order valence-corrected chi connectivity index (χ3v) is 4.01. The number of fused-ring (bicyclic) bond motifs is 1. The summed E-state index contributed by atoms with van der Waals surface area (Å²) >= 11 is 0. The molecule has 2 nitrogen and oxygen atoms in total. The fourth-order valence-electron chi connectivity index (χ4n) is 2.67. The summed E-state index contributed by atoms with van der Waals surface area (Å²) in [6, 6.07) is 7.17. The Morgan fingerprint density at radius 3 is 2.29 bits per heavy atom. The number of benzene rings is 1. The second-order valence-electron chi connectivity index (χ2n) is 6.02. The van der Waals surface area contributed by atoms with Crippen LogP contribution in [0.5, 0.6) is 5.75 Å². The van der Waals surface area contributed by atoms with Gasteiger partial charge in [0.05, 0.1) is 6.61 Å². The predicted molar refractivity (Wildman–Crippen MR) is 92.1 cm³/mol. The fourth-order valence-corrected chi connectivity index (χ4v) is 2.67. The molecule has 2 aliphatic rings. The standard InChI is InChI=1S/C12H16O.C5H11N.C2H6/c1-9(2)11-6-5-10-4-3-7-13-12(10)8-11;6-5-3-1-2-4-5;1-2/h5-6,8-9H,3-4,7H2,1-2H3;5H,1-4,6H2;1-2H3. The normalized spacial score (nSPS) is 17.0. The van der Waals surface area contributed by atoms with E-state index < -0.39 is 0 Å². The summed E-state index contributed by atoms with van der Waals surface area (Å²) in [5.74, 6) is 1.70. The highest BCUT2D eigenvalue weighted by Gasteiger charge is 2.11. The lowest BCUT2D eigenvalue weighted by Crippen LogP contribution is -2.13. The first-order valence-corrected chi connectivity index (χ1v) is 8.68. The number of aryl methyl sites for hydroxylation is 1. The molecule has 1 heterocycles. The molecule has 2 N–H and O–H groups in total. The second kappa shape index (κ2) is 9.83. The summed E-state index contributed by atoms with van der Waals surface area (Å²) in [5, 5.41) is 0. The Morgan fingerprint density at radius 2 is 1.76 bits per heavy atom. The van der Waals surface area contributed by atoms with Crippen LogP contribution in [0.15, 0.2) is 18.2 Å². The van der Waals surface area contributed by atoms with Crippen LogP contribution in [0.2, 0.25) is 0 Å². The van der Waals surface area contributed by atoms with Crippen molar-refractivity contribution in [2.75, 3.05) is 6.61 Å². The molecule has 0 atom stereocenters. The van der Waals surface area contributed by atoms with Crippen LogP contribution in [0.1, 0.15) is 76.8 Å². The Hall–Kier alpha value is -1.02. The van der Waals surface area contributed by atoms with Crippen LogP contribution < -0.4 is 10.5 Å². The highest BCUT2D eigenvalue weighted by molar-refractivity contribution is 5.39. The van der Waals surface area contributed by atoms with Gasteiger partial charge in [0.2, 0.25) is 0 Å². The summed E-state index contributed by atoms with van der Waals surface area (Å²) in [4.78, 5) is 0. The maximum absolute atomic E-state index is 5.61. The van der Waals surface area contributed by atoms with Crippen molar-refractivity contribution in [3.8, 4) is 5.75 Å². The van der Waals surface area contributed by atoms with Crippen molar-refractivity contribution in [3.63, 3.8) is 0 Å². The number of ether oxygens (including phenoxy) is 1. The Kier molecular flexibility index (Phi) is 8.44. The topological polar surface area (TPSA) is 35.2 Å². The van der Waals surface area contributed by atoms with Crippen LogP contribution in [-0.2, 0) is 6.42 Å². The quantitative estimate of drug-likeness (QED) is 0.786. The third-order valence-electron chi connectivity index (χ3n) is 4.01. The van der Waals surface area contributed by atoms with E-state index in [4.69, 9.17) is 10.5 Å². The molecule has 1 aliphatic heterocycles. The van der Waals surface area contributed by atoms with E-state index in [1.54, 1.807) is 0 Å². The van der Waals surface area contributed by atoms with E-state index in [1.807, 2.05) is 13.8 Å². The van der Waals surface area contributed by atoms with Crippen LogP contribution >= 0.6 is 0 Å². The highest BCUT2D eigenvalue weighted by atomic mass is 16.5. The monoisotopic (exact) mass is 291 g/mol. The first-order valence-electron chi connectivity index (χ1n) is 8.68. The summed E-state index contributed by atoms with van der Waals surface area (Å²) in [7, 11) is 0. The zero-order chi connectivity index (χ0) is 15.7. The summed E-state index contributed by atoms with van der Waals surface area (Å²) in [6.07, 6.45) is 7.59. The van der Waals surface area contributed by atoms with Crippen LogP contribution in [0.25, 0.3) is 0 Å². The summed E-state index contributed by atoms with van der Waals surface area (Å²) in [6.45, 7) is 9.31. The molecule has 1 fully saturated rings. The van der Waals surface area contributed by atoms with E-state index in [0.717, 1.165) is 18.8 Å². The minimum atomic E-state index is 0.546. The van der Waals surface area contributed by atoms with E-state index in [-0.39, 0.29) is 0 Å². The van der Waals surface area contributed by atoms with Crippen LogP contribution in [0.4, 0.5) is 0 Å². The SMILES string of the molecule is CC.CC(C)c1ccc2c(c1)OCCC2.NC1CCCC1. The lowest BCUT2D eigenvalue weighted by Gasteiger charge is -2.18. The number of nitrogens with two attached hydrogens (primary N) is 1. The van der Waals surface area contributed by atoms with Gasteiger partial charge in [0.25, 0.3) is 0 Å². The molecule has 2 heteroatoms. The van der Waals surface area contributed by atoms with Crippen molar-refractivity contribution in [1.82, 2.24) is 0 Å². The van der Waals surface area contributed by atoms with E-state index in [1.165, 1.54) is 43.2 Å². The van der Waals surface area contributed by atoms with Gasteiger partial charge in [0.1, 0.15) is 5.75 Å². The van der Waals surface area contributed by atoms with Crippen LogP contribution in [0, 0.1) is 0 Å². The average molecular weight is 291 g/mol. The Morgan fingerprint density at radius 1 is 1.10 bits per heavy atom. The molecule has 0 amide bonds. The minimum absolute atomic E-state index is 0.546. The van der Waals surface area contributed by atoms with Gasteiger partial charge in [0, 0.05) is 6.04 Å². The summed E-state index contributed by atoms with van der Waals surface area (Å²) < 4.78 is 5.61. The molecule has 0 spiro atoms. The van der Waals surface area contributed by atoms with Gasteiger partial charge in [-0.25, -0.2) is 0 Å². The molecular weight excluding hydrogens is 258 g/mol. The van der Waals surface area contributed by atoms with E-state index in [2.05, 4.69) is 32.0 Å². The van der Waals surface area contributed by atoms with E-state index in [9.17, 15) is 0 Å². The number of rotatable bonds is 1. The molecule has 0 unspecified atom stereocenters. The van der Waals surface area contributed by atoms with Crippen LogP contribution in [0.3, 0.4) is 0 Å². The highest BCUT2D eigenvalue weighted by Crippen LogP contribution is 2.28. The zero-order valence-corrected chi connectivity index (χ0v) is 14.3. The van der Waals surface area contributed by atoms with Gasteiger partial charge in [-0.05, 0) is 48.8 Å². The maximum atomic E-state index is 5.61. The predicted octanol–water partition coefficient (Wildman–Crippen LogP) is 5.05. The third kappa shape index (κ3) is 6.09. The Bertz CT molecular complexity index is 395. The smallest absolute Gasteiger partial charge is 0.122 e. The Labute approximate surface area is 131 Å². The molecule has 1 saturated carbocycles. The van der Waals surface area contributed by atoms with E-state index in [0.29, 0.717) is 12.0 Å².